The van der Waals surface area contributed by atoms with E-state index in [1.807, 2.05) is 0 Å². The second-order valence-corrected chi connectivity index (χ2v) is 8.88. The summed E-state index contributed by atoms with van der Waals surface area (Å²) in [6, 6.07) is 14.7. The number of carbonyl (C=O) groups excluding carboxylic acids is 2. The van der Waals surface area contributed by atoms with Crippen LogP contribution in [0.2, 0.25) is 5.02 Å². The van der Waals surface area contributed by atoms with Gasteiger partial charge >= 0.3 is 5.97 Å². The first-order chi connectivity index (χ1) is 14.4. The Morgan fingerprint density at radius 2 is 1.63 bits per heavy atom. The SMILES string of the molecule is O=C(COc1cccc(Cl)c1)OCC(=O)N1CCN(S(=O)(=O)c2ccccc2)CC1. The van der Waals surface area contributed by atoms with E-state index in [1.165, 1.54) is 21.3 Å². The molecule has 0 N–H and O–H groups in total. The van der Waals surface area contributed by atoms with E-state index in [-0.39, 0.29) is 43.6 Å². The average molecular weight is 453 g/mol. The molecule has 10 heteroatoms. The Morgan fingerprint density at radius 3 is 2.30 bits per heavy atom. The number of piperazine rings is 1. The molecule has 0 spiro atoms. The third kappa shape index (κ3) is 5.71. The molecule has 30 heavy (non-hydrogen) atoms. The van der Waals surface area contributed by atoms with E-state index in [0.29, 0.717) is 10.8 Å². The molecule has 0 saturated carbocycles. The van der Waals surface area contributed by atoms with Crippen molar-refractivity contribution in [1.82, 2.24) is 9.21 Å². The Hall–Kier alpha value is -2.62. The van der Waals surface area contributed by atoms with Crippen LogP contribution in [-0.4, -0.2) is 68.9 Å². The second kappa shape index (κ2) is 9.92. The Morgan fingerprint density at radius 1 is 0.933 bits per heavy atom. The van der Waals surface area contributed by atoms with Gasteiger partial charge in [0.15, 0.2) is 13.2 Å². The average Bonchev–Trinajstić information content (AvgIpc) is 2.77. The molecule has 1 heterocycles. The summed E-state index contributed by atoms with van der Waals surface area (Å²) >= 11 is 5.83. The summed E-state index contributed by atoms with van der Waals surface area (Å²) in [5.74, 6) is -0.655. The molecule has 1 fully saturated rings. The highest BCUT2D eigenvalue weighted by Gasteiger charge is 2.30. The van der Waals surface area contributed by atoms with Gasteiger partial charge in [0.2, 0.25) is 10.0 Å². The highest BCUT2D eigenvalue weighted by molar-refractivity contribution is 7.89. The Labute approximate surface area is 180 Å². The monoisotopic (exact) mass is 452 g/mol. The number of ether oxygens (including phenoxy) is 2. The van der Waals surface area contributed by atoms with E-state index in [0.717, 1.165) is 0 Å². The van der Waals surface area contributed by atoms with Gasteiger partial charge in [-0.1, -0.05) is 35.9 Å². The number of hydrogen-bond donors (Lipinski definition) is 0. The lowest BCUT2D eigenvalue weighted by atomic mass is 10.3. The minimum absolute atomic E-state index is 0.175. The topological polar surface area (TPSA) is 93.2 Å². The molecule has 1 saturated heterocycles. The number of nitrogens with zero attached hydrogens (tertiary/aromatic N) is 2. The predicted molar refractivity (Wildman–Crippen MR) is 110 cm³/mol. The first kappa shape index (κ1) is 22.1. The van der Waals surface area contributed by atoms with Crippen LogP contribution in [0.15, 0.2) is 59.5 Å². The van der Waals surface area contributed by atoms with Crippen molar-refractivity contribution in [1.29, 1.82) is 0 Å². The quantitative estimate of drug-likeness (QED) is 0.595. The van der Waals surface area contributed by atoms with E-state index in [2.05, 4.69) is 0 Å². The third-order valence-corrected chi connectivity index (χ3v) is 6.63. The Kier molecular flexibility index (Phi) is 7.30. The predicted octanol–water partition coefficient (Wildman–Crippen LogP) is 1.80. The molecule has 0 aliphatic carbocycles. The fourth-order valence-electron chi connectivity index (χ4n) is 2.89. The molecule has 0 atom stereocenters. The third-order valence-electron chi connectivity index (χ3n) is 4.48. The molecule has 2 aromatic carbocycles. The minimum Gasteiger partial charge on any atom is -0.482 e. The van der Waals surface area contributed by atoms with E-state index in [9.17, 15) is 18.0 Å². The number of benzene rings is 2. The summed E-state index contributed by atoms with van der Waals surface area (Å²) in [6.45, 7) is 0.0202. The molecule has 1 aliphatic heterocycles. The largest absolute Gasteiger partial charge is 0.482 e. The summed E-state index contributed by atoms with van der Waals surface area (Å²) in [6.07, 6.45) is 0. The molecule has 0 aromatic heterocycles. The van der Waals surface area contributed by atoms with Gasteiger partial charge < -0.3 is 14.4 Å². The number of sulfonamides is 1. The molecule has 1 amide bonds. The number of halogens is 1. The van der Waals surface area contributed by atoms with Crippen molar-refractivity contribution in [2.45, 2.75) is 4.90 Å². The number of amides is 1. The highest BCUT2D eigenvalue weighted by Crippen LogP contribution is 2.18. The summed E-state index contributed by atoms with van der Waals surface area (Å²) in [5.41, 5.74) is 0. The van der Waals surface area contributed by atoms with Gasteiger partial charge in [-0.3, -0.25) is 4.79 Å². The second-order valence-electron chi connectivity index (χ2n) is 6.50. The van der Waals surface area contributed by atoms with Crippen molar-refractivity contribution in [3.05, 3.63) is 59.6 Å². The lowest BCUT2D eigenvalue weighted by Crippen LogP contribution is -2.51. The summed E-state index contributed by atoms with van der Waals surface area (Å²) < 4.78 is 36.8. The maximum absolute atomic E-state index is 12.6. The van der Waals surface area contributed by atoms with Crippen LogP contribution < -0.4 is 4.74 Å². The first-order valence-electron chi connectivity index (χ1n) is 9.23. The van der Waals surface area contributed by atoms with Gasteiger partial charge in [0.05, 0.1) is 4.90 Å². The molecule has 0 radical (unpaired) electrons. The van der Waals surface area contributed by atoms with Crippen LogP contribution in [0.5, 0.6) is 5.75 Å². The zero-order chi connectivity index (χ0) is 21.6. The molecule has 8 nitrogen and oxygen atoms in total. The molecular formula is C20H21ClN2O6S. The zero-order valence-electron chi connectivity index (χ0n) is 16.1. The lowest BCUT2D eigenvalue weighted by molar-refractivity contribution is -0.154. The van der Waals surface area contributed by atoms with Crippen LogP contribution in [0.1, 0.15) is 0 Å². The van der Waals surface area contributed by atoms with Crippen LogP contribution >= 0.6 is 11.6 Å². The fourth-order valence-corrected chi connectivity index (χ4v) is 4.52. The van der Waals surface area contributed by atoms with Gasteiger partial charge in [-0.25, -0.2) is 13.2 Å². The van der Waals surface area contributed by atoms with Crippen LogP contribution in [0.4, 0.5) is 0 Å². The van der Waals surface area contributed by atoms with Crippen LogP contribution in [0.25, 0.3) is 0 Å². The van der Waals surface area contributed by atoms with Crippen molar-refractivity contribution in [3.8, 4) is 5.75 Å². The normalized spacial score (nSPS) is 14.9. The maximum Gasteiger partial charge on any atom is 0.344 e. The number of carbonyl (C=O) groups is 2. The van der Waals surface area contributed by atoms with Gasteiger partial charge in [0.25, 0.3) is 5.91 Å². The van der Waals surface area contributed by atoms with E-state index in [1.54, 1.807) is 42.5 Å². The van der Waals surface area contributed by atoms with Crippen molar-refractivity contribution in [2.24, 2.45) is 0 Å². The standard InChI is InChI=1S/C20H21ClN2O6S/c21-16-5-4-6-17(13-16)28-15-20(25)29-14-19(24)22-9-11-23(12-10-22)30(26,27)18-7-2-1-3-8-18/h1-8,13H,9-12,14-15H2. The lowest BCUT2D eigenvalue weighted by Gasteiger charge is -2.33. The van der Waals surface area contributed by atoms with E-state index >= 15 is 0 Å². The van der Waals surface area contributed by atoms with E-state index in [4.69, 9.17) is 21.1 Å². The number of hydrogen-bond acceptors (Lipinski definition) is 6. The van der Waals surface area contributed by atoms with Crippen LogP contribution in [-0.2, 0) is 24.3 Å². The Balaban J connectivity index is 1.42. The zero-order valence-corrected chi connectivity index (χ0v) is 17.6. The van der Waals surface area contributed by atoms with Crippen LogP contribution in [0, 0.1) is 0 Å². The van der Waals surface area contributed by atoms with Gasteiger partial charge in [-0.05, 0) is 30.3 Å². The molecule has 160 valence electrons. The first-order valence-corrected chi connectivity index (χ1v) is 11.0. The highest BCUT2D eigenvalue weighted by atomic mass is 35.5. The molecule has 0 unspecified atom stereocenters. The van der Waals surface area contributed by atoms with Gasteiger partial charge in [-0.15, -0.1) is 0 Å². The van der Waals surface area contributed by atoms with Crippen molar-refractivity contribution in [2.75, 3.05) is 39.4 Å². The van der Waals surface area contributed by atoms with Crippen LogP contribution in [0.3, 0.4) is 0 Å². The van der Waals surface area contributed by atoms with Crippen molar-refractivity contribution < 1.29 is 27.5 Å². The van der Waals surface area contributed by atoms with Crippen molar-refractivity contribution >= 4 is 33.5 Å². The van der Waals surface area contributed by atoms with Gasteiger partial charge in [0.1, 0.15) is 5.75 Å². The molecule has 1 aliphatic rings. The summed E-state index contributed by atoms with van der Waals surface area (Å²) in [4.78, 5) is 25.8. The number of rotatable bonds is 7. The molecule has 0 bridgehead atoms. The van der Waals surface area contributed by atoms with Crippen molar-refractivity contribution in [3.63, 3.8) is 0 Å². The summed E-state index contributed by atoms with van der Waals surface area (Å²) in [5, 5.41) is 0.476. The maximum atomic E-state index is 12.6. The Bertz CT molecular complexity index is 991. The number of esters is 1. The molecule has 3 rings (SSSR count). The van der Waals surface area contributed by atoms with E-state index < -0.39 is 22.6 Å². The fraction of sp³-hybridized carbons (Fsp3) is 0.300. The molecular weight excluding hydrogens is 432 g/mol. The minimum atomic E-state index is -3.59. The smallest absolute Gasteiger partial charge is 0.344 e. The van der Waals surface area contributed by atoms with Gasteiger partial charge in [-0.2, -0.15) is 4.31 Å². The molecule has 2 aromatic rings. The summed E-state index contributed by atoms with van der Waals surface area (Å²) in [7, 11) is -3.59. The van der Waals surface area contributed by atoms with Gasteiger partial charge in [0, 0.05) is 31.2 Å².